The Morgan fingerprint density at radius 2 is 1.42 bits per heavy atom. The van der Waals surface area contributed by atoms with Crippen LogP contribution in [0.1, 0.15) is 40.9 Å². The fraction of sp³-hybridized carbons (Fsp3) is 0.240. The van der Waals surface area contributed by atoms with Gasteiger partial charge in [-0.1, -0.05) is 62.4 Å². The molecule has 31 heavy (non-hydrogen) atoms. The van der Waals surface area contributed by atoms with Crippen LogP contribution in [0.5, 0.6) is 0 Å². The lowest BCUT2D eigenvalue weighted by atomic mass is 10.0. The Balaban J connectivity index is 1.79. The molecule has 3 aromatic carbocycles. The molecule has 0 heterocycles. The molecule has 0 aliphatic rings. The van der Waals surface area contributed by atoms with Crippen molar-refractivity contribution >= 4 is 27.3 Å². The number of hydrogen-bond acceptors (Lipinski definition) is 3. The molecular weight excluding hydrogens is 408 g/mol. The molecule has 0 fully saturated rings. The number of carbonyl (C=O) groups excluding carboxylic acids is 1. The van der Waals surface area contributed by atoms with Gasteiger partial charge in [0, 0.05) is 11.3 Å². The highest BCUT2D eigenvalue weighted by Crippen LogP contribution is 2.24. The van der Waals surface area contributed by atoms with E-state index in [2.05, 4.69) is 19.2 Å². The van der Waals surface area contributed by atoms with Crippen LogP contribution in [0.25, 0.3) is 0 Å². The van der Waals surface area contributed by atoms with Crippen LogP contribution in [-0.2, 0) is 29.4 Å². The summed E-state index contributed by atoms with van der Waals surface area (Å²) in [5.74, 6) is -0.176. The van der Waals surface area contributed by atoms with Gasteiger partial charge >= 0.3 is 0 Å². The predicted molar refractivity (Wildman–Crippen MR) is 127 cm³/mol. The van der Waals surface area contributed by atoms with Crippen LogP contribution >= 0.6 is 0 Å². The van der Waals surface area contributed by atoms with Gasteiger partial charge in [0.05, 0.1) is 18.5 Å². The van der Waals surface area contributed by atoms with Gasteiger partial charge in [-0.2, -0.15) is 0 Å². The smallest absolute Gasteiger partial charge is 0.255 e. The third-order valence-corrected chi connectivity index (χ3v) is 6.36. The third kappa shape index (κ3) is 5.52. The molecule has 6 heteroatoms. The summed E-state index contributed by atoms with van der Waals surface area (Å²) < 4.78 is 25.9. The van der Waals surface area contributed by atoms with Crippen LogP contribution in [0.4, 0.5) is 11.4 Å². The lowest BCUT2D eigenvalue weighted by Gasteiger charge is -2.22. The third-order valence-electron chi connectivity index (χ3n) is 5.22. The number of sulfonamides is 1. The minimum atomic E-state index is -3.44. The number of amides is 1. The first-order valence-electron chi connectivity index (χ1n) is 10.4. The summed E-state index contributed by atoms with van der Waals surface area (Å²) in [4.78, 5) is 12.8. The summed E-state index contributed by atoms with van der Waals surface area (Å²) in [5, 5.41) is 3.06. The molecular formula is C25H28N2O3S. The van der Waals surface area contributed by atoms with Gasteiger partial charge < -0.3 is 5.32 Å². The lowest BCUT2D eigenvalue weighted by Crippen LogP contribution is -2.29. The summed E-state index contributed by atoms with van der Waals surface area (Å²) >= 11 is 0. The summed E-state index contributed by atoms with van der Waals surface area (Å²) in [5.41, 5.74) is 5.03. The Morgan fingerprint density at radius 3 is 1.94 bits per heavy atom. The molecule has 0 aliphatic carbocycles. The zero-order chi connectivity index (χ0) is 22.4. The summed E-state index contributed by atoms with van der Waals surface area (Å²) in [6.45, 7) is 4.34. The number of benzene rings is 3. The Kier molecular flexibility index (Phi) is 7.13. The van der Waals surface area contributed by atoms with Crippen molar-refractivity contribution in [1.29, 1.82) is 0 Å². The van der Waals surface area contributed by atoms with E-state index in [0.29, 0.717) is 11.3 Å². The highest BCUT2D eigenvalue weighted by atomic mass is 32.2. The zero-order valence-electron chi connectivity index (χ0n) is 18.1. The van der Waals surface area contributed by atoms with Gasteiger partial charge in [0.2, 0.25) is 10.0 Å². The Bertz CT molecular complexity index is 1120. The van der Waals surface area contributed by atoms with Crippen molar-refractivity contribution in [1.82, 2.24) is 0 Å². The maximum atomic E-state index is 12.8. The number of hydrogen-bond donors (Lipinski definition) is 1. The van der Waals surface area contributed by atoms with Crippen molar-refractivity contribution in [2.75, 3.05) is 15.9 Å². The first kappa shape index (κ1) is 22.6. The number of nitrogens with one attached hydrogen (secondary N) is 1. The van der Waals surface area contributed by atoms with Gasteiger partial charge in [0.15, 0.2) is 0 Å². The van der Waals surface area contributed by atoms with E-state index in [4.69, 9.17) is 0 Å². The second-order valence-corrected chi connectivity index (χ2v) is 9.32. The standard InChI is InChI=1S/C25H28N2O3S/c1-4-20-10-9-11-21(5-2)24(20)26-25(28)22-16-14-19(15-17-22)18-27(31(3,29)30)23-12-7-6-8-13-23/h6-17H,4-5,18H2,1-3H3,(H,26,28). The second kappa shape index (κ2) is 9.79. The molecule has 3 aromatic rings. The summed E-state index contributed by atoms with van der Waals surface area (Å²) in [6, 6.07) is 22.1. The van der Waals surface area contributed by atoms with Gasteiger partial charge in [-0.3, -0.25) is 9.10 Å². The van der Waals surface area contributed by atoms with Crippen LogP contribution in [0.3, 0.4) is 0 Å². The highest BCUT2D eigenvalue weighted by molar-refractivity contribution is 7.92. The fourth-order valence-electron chi connectivity index (χ4n) is 3.51. The quantitative estimate of drug-likeness (QED) is 0.539. The number of nitrogens with zero attached hydrogens (tertiary/aromatic N) is 1. The minimum absolute atomic E-state index is 0.176. The maximum absolute atomic E-state index is 12.8. The molecule has 3 rings (SSSR count). The first-order valence-corrected chi connectivity index (χ1v) is 12.2. The lowest BCUT2D eigenvalue weighted by molar-refractivity contribution is 0.102. The van der Waals surface area contributed by atoms with Gasteiger partial charge in [0.1, 0.15) is 0 Å². The highest BCUT2D eigenvalue weighted by Gasteiger charge is 2.18. The molecule has 0 saturated carbocycles. The van der Waals surface area contributed by atoms with Gasteiger partial charge in [-0.15, -0.1) is 0 Å². The number of carbonyl (C=O) groups is 1. The van der Waals surface area contributed by atoms with Crippen molar-refractivity contribution in [2.24, 2.45) is 0 Å². The SMILES string of the molecule is CCc1cccc(CC)c1NC(=O)c1ccc(CN(c2ccccc2)S(C)(=O)=O)cc1. The van der Waals surface area contributed by atoms with Crippen LogP contribution in [0.2, 0.25) is 0 Å². The van der Waals surface area contributed by atoms with Crippen LogP contribution in [0, 0.1) is 0 Å². The topological polar surface area (TPSA) is 66.5 Å². The van der Waals surface area contributed by atoms with Crippen molar-refractivity contribution in [3.8, 4) is 0 Å². The van der Waals surface area contributed by atoms with E-state index < -0.39 is 10.0 Å². The Labute approximate surface area is 184 Å². The minimum Gasteiger partial charge on any atom is -0.321 e. The average Bonchev–Trinajstić information content (AvgIpc) is 2.77. The Hall–Kier alpha value is -3.12. The van der Waals surface area contributed by atoms with Crippen LogP contribution in [0.15, 0.2) is 72.8 Å². The molecule has 0 atom stereocenters. The largest absolute Gasteiger partial charge is 0.321 e. The molecule has 0 spiro atoms. The number of anilines is 2. The van der Waals surface area contributed by atoms with Crippen molar-refractivity contribution in [3.05, 3.63) is 95.1 Å². The molecule has 1 N–H and O–H groups in total. The molecule has 5 nitrogen and oxygen atoms in total. The van der Waals surface area contributed by atoms with Gasteiger partial charge in [-0.25, -0.2) is 8.42 Å². The normalized spacial score (nSPS) is 11.2. The van der Waals surface area contributed by atoms with Crippen molar-refractivity contribution < 1.29 is 13.2 Å². The van der Waals surface area contributed by atoms with Crippen LogP contribution < -0.4 is 9.62 Å². The number of para-hydroxylation sites is 2. The summed E-state index contributed by atoms with van der Waals surface area (Å²) in [7, 11) is -3.44. The van der Waals surface area contributed by atoms with E-state index in [1.807, 2.05) is 24.3 Å². The van der Waals surface area contributed by atoms with Gasteiger partial charge in [0.25, 0.3) is 5.91 Å². The molecule has 162 valence electrons. The van der Waals surface area contributed by atoms with E-state index in [0.717, 1.165) is 35.2 Å². The van der Waals surface area contributed by atoms with E-state index in [1.165, 1.54) is 10.6 Å². The predicted octanol–water partition coefficient (Wildman–Crippen LogP) is 5.03. The van der Waals surface area contributed by atoms with Crippen molar-refractivity contribution in [3.63, 3.8) is 0 Å². The fourth-order valence-corrected chi connectivity index (χ4v) is 4.40. The molecule has 0 radical (unpaired) electrons. The summed E-state index contributed by atoms with van der Waals surface area (Å²) in [6.07, 6.45) is 2.87. The average molecular weight is 437 g/mol. The second-order valence-electron chi connectivity index (χ2n) is 7.41. The first-order chi connectivity index (χ1) is 14.8. The van der Waals surface area contributed by atoms with Crippen LogP contribution in [-0.4, -0.2) is 20.6 Å². The number of aryl methyl sites for hydroxylation is 2. The molecule has 0 aliphatic heterocycles. The molecule has 0 bridgehead atoms. The van der Waals surface area contributed by atoms with Gasteiger partial charge in [-0.05, 0) is 53.8 Å². The van der Waals surface area contributed by atoms with E-state index in [-0.39, 0.29) is 12.5 Å². The zero-order valence-corrected chi connectivity index (χ0v) is 18.9. The molecule has 0 unspecified atom stereocenters. The Morgan fingerprint density at radius 1 is 0.839 bits per heavy atom. The molecule has 1 amide bonds. The van der Waals surface area contributed by atoms with E-state index in [1.54, 1.807) is 48.5 Å². The maximum Gasteiger partial charge on any atom is 0.255 e. The molecule has 0 aromatic heterocycles. The van der Waals surface area contributed by atoms with E-state index >= 15 is 0 Å². The van der Waals surface area contributed by atoms with Crippen molar-refractivity contribution in [2.45, 2.75) is 33.2 Å². The van der Waals surface area contributed by atoms with E-state index in [9.17, 15) is 13.2 Å². The monoisotopic (exact) mass is 436 g/mol. The number of rotatable bonds is 8. The molecule has 0 saturated heterocycles.